The van der Waals surface area contributed by atoms with Crippen LogP contribution in [-0.4, -0.2) is 57.0 Å². The van der Waals surface area contributed by atoms with Crippen LogP contribution in [0.2, 0.25) is 0 Å². The Bertz CT molecular complexity index is 886. The van der Waals surface area contributed by atoms with Crippen molar-refractivity contribution in [1.29, 1.82) is 0 Å². The lowest BCUT2D eigenvalue weighted by Gasteiger charge is -2.34. The number of unbranched alkanes of at least 4 members (excludes halogenated alkanes) is 1. The Hall–Kier alpha value is -2.84. The van der Waals surface area contributed by atoms with E-state index in [1.54, 1.807) is 0 Å². The lowest BCUT2D eigenvalue weighted by Crippen LogP contribution is -2.48. The number of phenolic OH excluding ortho intramolecular Hbond substituents is 2. The molecule has 0 saturated carbocycles. The van der Waals surface area contributed by atoms with E-state index in [4.69, 9.17) is 0 Å². The Morgan fingerprint density at radius 1 is 1.00 bits per heavy atom. The molecule has 1 heterocycles. The minimum absolute atomic E-state index is 0. The Morgan fingerprint density at radius 3 is 2.32 bits per heavy atom. The molecule has 9 heteroatoms. The van der Waals surface area contributed by atoms with E-state index < -0.39 is 22.1 Å². The lowest BCUT2D eigenvalue weighted by molar-refractivity contribution is -0.386. The zero-order chi connectivity index (χ0) is 21.5. The fourth-order valence-corrected chi connectivity index (χ4v) is 3.70. The van der Waals surface area contributed by atoms with E-state index in [1.807, 2.05) is 23.1 Å². The minimum atomic E-state index is -0.723. The molecule has 0 spiro atoms. The van der Waals surface area contributed by atoms with Crippen molar-refractivity contribution in [2.75, 3.05) is 26.2 Å². The van der Waals surface area contributed by atoms with Gasteiger partial charge in [0, 0.05) is 45.2 Å². The molecule has 0 radical (unpaired) electrons. The standard InChI is InChI=1S/C22H27N3O5.ClH/c26-20-15-18(14-19(22(20)28)25(29)30)8-4-5-9-21(27)24-12-10-23(11-13-24)16-17-6-2-1-3-7-17;/h1-3,6-7,14-15,26,28H,4-5,8-13,16H2;1H. The number of hydrogen-bond donors (Lipinski definition) is 2. The number of halogens is 1. The first-order chi connectivity index (χ1) is 14.4. The van der Waals surface area contributed by atoms with E-state index >= 15 is 0 Å². The largest absolute Gasteiger partial charge is 0.504 e. The molecule has 8 nitrogen and oxygen atoms in total. The number of hydrogen-bond acceptors (Lipinski definition) is 6. The van der Waals surface area contributed by atoms with Crippen LogP contribution in [0.3, 0.4) is 0 Å². The lowest BCUT2D eigenvalue weighted by atomic mass is 10.0. The van der Waals surface area contributed by atoms with Crippen molar-refractivity contribution in [3.8, 4) is 11.5 Å². The van der Waals surface area contributed by atoms with Crippen LogP contribution in [0.4, 0.5) is 5.69 Å². The van der Waals surface area contributed by atoms with Gasteiger partial charge >= 0.3 is 5.69 Å². The predicted molar refractivity (Wildman–Crippen MR) is 120 cm³/mol. The van der Waals surface area contributed by atoms with Gasteiger partial charge in [0.25, 0.3) is 0 Å². The van der Waals surface area contributed by atoms with Gasteiger partial charge in [0.2, 0.25) is 11.7 Å². The van der Waals surface area contributed by atoms with Crippen LogP contribution in [0.5, 0.6) is 11.5 Å². The maximum Gasteiger partial charge on any atom is 0.314 e. The van der Waals surface area contributed by atoms with Crippen LogP contribution in [0.1, 0.15) is 30.4 Å². The molecule has 3 rings (SSSR count). The fourth-order valence-electron chi connectivity index (χ4n) is 3.70. The molecule has 2 N–H and O–H groups in total. The number of benzene rings is 2. The molecule has 0 bridgehead atoms. The summed E-state index contributed by atoms with van der Waals surface area (Å²) in [6.07, 6.45) is 2.26. The van der Waals surface area contributed by atoms with E-state index in [0.717, 1.165) is 32.7 Å². The molecule has 1 saturated heterocycles. The van der Waals surface area contributed by atoms with Gasteiger partial charge in [-0.05, 0) is 36.5 Å². The molecule has 0 aliphatic carbocycles. The van der Waals surface area contributed by atoms with Crippen molar-refractivity contribution in [2.45, 2.75) is 32.2 Å². The summed E-state index contributed by atoms with van der Waals surface area (Å²) >= 11 is 0. The van der Waals surface area contributed by atoms with Crippen molar-refractivity contribution in [3.05, 3.63) is 63.7 Å². The second-order valence-electron chi connectivity index (χ2n) is 7.59. The fraction of sp³-hybridized carbons (Fsp3) is 0.409. The molecule has 1 aliphatic heterocycles. The number of nitrogens with zero attached hydrogens (tertiary/aromatic N) is 3. The highest BCUT2D eigenvalue weighted by molar-refractivity contribution is 5.85. The van der Waals surface area contributed by atoms with Gasteiger partial charge in [-0.15, -0.1) is 12.4 Å². The molecule has 1 fully saturated rings. The van der Waals surface area contributed by atoms with Crippen LogP contribution >= 0.6 is 12.4 Å². The summed E-state index contributed by atoms with van der Waals surface area (Å²) in [6, 6.07) is 12.9. The van der Waals surface area contributed by atoms with Crippen molar-refractivity contribution in [2.24, 2.45) is 0 Å². The number of nitro benzene ring substituents is 1. The number of aryl methyl sites for hydroxylation is 1. The summed E-state index contributed by atoms with van der Waals surface area (Å²) in [7, 11) is 0. The second kappa shape index (κ2) is 11.5. The molecule has 1 amide bonds. The van der Waals surface area contributed by atoms with Crippen LogP contribution < -0.4 is 0 Å². The highest BCUT2D eigenvalue weighted by Crippen LogP contribution is 2.36. The predicted octanol–water partition coefficient (Wildman–Crippen LogP) is 3.49. The van der Waals surface area contributed by atoms with Crippen LogP contribution in [0.25, 0.3) is 0 Å². The number of amides is 1. The Kier molecular flexibility index (Phi) is 9.08. The Labute approximate surface area is 187 Å². The van der Waals surface area contributed by atoms with Gasteiger partial charge in [0.05, 0.1) is 4.92 Å². The van der Waals surface area contributed by atoms with Gasteiger partial charge in [0.1, 0.15) is 0 Å². The quantitative estimate of drug-likeness (QED) is 0.276. The topological polar surface area (TPSA) is 107 Å². The van der Waals surface area contributed by atoms with Gasteiger partial charge in [-0.25, -0.2) is 0 Å². The van der Waals surface area contributed by atoms with Gasteiger partial charge in [0.15, 0.2) is 5.75 Å². The van der Waals surface area contributed by atoms with Crippen LogP contribution in [0.15, 0.2) is 42.5 Å². The number of aromatic hydroxyl groups is 2. The van der Waals surface area contributed by atoms with E-state index in [1.165, 1.54) is 17.7 Å². The number of rotatable bonds is 8. The highest BCUT2D eigenvalue weighted by Gasteiger charge is 2.21. The number of carbonyl (C=O) groups excluding carboxylic acids is 1. The van der Waals surface area contributed by atoms with Crippen molar-refractivity contribution >= 4 is 24.0 Å². The summed E-state index contributed by atoms with van der Waals surface area (Å²) in [4.78, 5) is 26.9. The number of phenols is 2. The molecule has 0 aromatic heterocycles. The van der Waals surface area contributed by atoms with Crippen LogP contribution in [0, 0.1) is 10.1 Å². The molecule has 1 aliphatic rings. The third-order valence-corrected chi connectivity index (χ3v) is 5.41. The number of nitro groups is 1. The average Bonchev–Trinajstić information content (AvgIpc) is 2.74. The summed E-state index contributed by atoms with van der Waals surface area (Å²) in [5.74, 6) is -1.08. The second-order valence-corrected chi connectivity index (χ2v) is 7.59. The first kappa shape index (κ1) is 24.4. The molecular formula is C22H28ClN3O5. The Balaban J connectivity index is 0.00000341. The SMILES string of the molecule is Cl.O=C(CCCCc1cc(O)c(O)c([N+](=O)[O-])c1)N1CCN(Cc2ccccc2)CC1. The van der Waals surface area contributed by atoms with E-state index in [0.29, 0.717) is 31.2 Å². The zero-order valence-corrected chi connectivity index (χ0v) is 18.1. The van der Waals surface area contributed by atoms with Crippen molar-refractivity contribution in [1.82, 2.24) is 9.80 Å². The van der Waals surface area contributed by atoms with Gasteiger partial charge < -0.3 is 15.1 Å². The Morgan fingerprint density at radius 2 is 1.68 bits per heavy atom. The molecule has 2 aromatic rings. The summed E-state index contributed by atoms with van der Waals surface area (Å²) < 4.78 is 0. The van der Waals surface area contributed by atoms with E-state index in [9.17, 15) is 25.1 Å². The summed E-state index contributed by atoms with van der Waals surface area (Å²) in [5, 5.41) is 30.1. The average molecular weight is 450 g/mol. The monoisotopic (exact) mass is 449 g/mol. The van der Waals surface area contributed by atoms with Crippen molar-refractivity contribution in [3.63, 3.8) is 0 Å². The number of piperazine rings is 1. The molecule has 0 unspecified atom stereocenters. The molecular weight excluding hydrogens is 422 g/mol. The van der Waals surface area contributed by atoms with Gasteiger partial charge in [-0.2, -0.15) is 0 Å². The summed E-state index contributed by atoms with van der Waals surface area (Å²) in [6.45, 7) is 4.07. The van der Waals surface area contributed by atoms with Gasteiger partial charge in [-0.1, -0.05) is 30.3 Å². The number of carbonyl (C=O) groups is 1. The van der Waals surface area contributed by atoms with Crippen LogP contribution in [-0.2, 0) is 17.8 Å². The molecule has 31 heavy (non-hydrogen) atoms. The van der Waals surface area contributed by atoms with E-state index in [2.05, 4.69) is 17.0 Å². The van der Waals surface area contributed by atoms with E-state index in [-0.39, 0.29) is 18.3 Å². The normalized spacial score (nSPS) is 14.1. The summed E-state index contributed by atoms with van der Waals surface area (Å²) in [5.41, 5.74) is 1.34. The minimum Gasteiger partial charge on any atom is -0.504 e. The zero-order valence-electron chi connectivity index (χ0n) is 17.3. The maximum atomic E-state index is 12.5. The van der Waals surface area contributed by atoms with Crippen molar-refractivity contribution < 1.29 is 19.9 Å². The maximum absolute atomic E-state index is 12.5. The molecule has 0 atom stereocenters. The third kappa shape index (κ3) is 6.83. The molecule has 168 valence electrons. The molecule has 2 aromatic carbocycles. The highest BCUT2D eigenvalue weighted by atomic mass is 35.5. The first-order valence-corrected chi connectivity index (χ1v) is 10.2. The first-order valence-electron chi connectivity index (χ1n) is 10.2. The smallest absolute Gasteiger partial charge is 0.314 e. The third-order valence-electron chi connectivity index (χ3n) is 5.41. The van der Waals surface area contributed by atoms with Gasteiger partial charge in [-0.3, -0.25) is 19.8 Å².